The van der Waals surface area contributed by atoms with Crippen LogP contribution in [0.2, 0.25) is 0 Å². The van der Waals surface area contributed by atoms with Gasteiger partial charge in [-0.15, -0.1) is 10.2 Å². The Kier molecular flexibility index (Phi) is 6.16. The third-order valence-corrected chi connectivity index (χ3v) is 5.55. The van der Waals surface area contributed by atoms with E-state index in [4.69, 9.17) is 0 Å². The molecule has 0 saturated heterocycles. The molecule has 0 fully saturated rings. The quantitative estimate of drug-likeness (QED) is 0.157. The Morgan fingerprint density at radius 1 is 0.812 bits per heavy atom. The third kappa shape index (κ3) is 4.12. The number of aromatic hydroxyl groups is 2. The van der Waals surface area contributed by atoms with Gasteiger partial charge in [-0.25, -0.2) is 0 Å². The number of azo groups is 1. The van der Waals surface area contributed by atoms with Gasteiger partial charge in [0, 0.05) is 51.7 Å². The summed E-state index contributed by atoms with van der Waals surface area (Å²) < 4.78 is 33.0. The topological polar surface area (TPSA) is 163 Å². The summed E-state index contributed by atoms with van der Waals surface area (Å²) in [6, 6.07) is 14.2. The van der Waals surface area contributed by atoms with E-state index in [0.29, 0.717) is 5.39 Å². The molecule has 0 saturated carbocycles. The maximum atomic E-state index is 11.7. The summed E-state index contributed by atoms with van der Waals surface area (Å²) >= 11 is 0. The second-order valence-corrected chi connectivity index (χ2v) is 7.95. The van der Waals surface area contributed by atoms with E-state index in [-0.39, 0.29) is 45.3 Å². The zero-order chi connectivity index (χ0) is 22.3. The van der Waals surface area contributed by atoms with Crippen molar-refractivity contribution in [2.75, 3.05) is 0 Å². The van der Waals surface area contributed by atoms with Gasteiger partial charge in [-0.3, -0.25) is 14.7 Å². The van der Waals surface area contributed by atoms with E-state index in [1.165, 1.54) is 12.1 Å². The SMILES string of the molecule is O=[N+]([O-])c1ccc2c(N=Nc3c(O)ccc4ccccc34)c(O)cc(S(=O)(=O)O)c2c1.[Cr]. The van der Waals surface area contributed by atoms with Gasteiger partial charge in [-0.1, -0.05) is 30.3 Å². The minimum absolute atomic E-state index is 0. The summed E-state index contributed by atoms with van der Waals surface area (Å²) in [5.41, 5.74) is -0.492. The Labute approximate surface area is 191 Å². The summed E-state index contributed by atoms with van der Waals surface area (Å²) in [7, 11) is -4.81. The van der Waals surface area contributed by atoms with E-state index >= 15 is 0 Å². The molecule has 32 heavy (non-hydrogen) atoms. The number of hydrogen-bond acceptors (Lipinski definition) is 8. The van der Waals surface area contributed by atoms with Crippen LogP contribution in [0.5, 0.6) is 11.5 Å². The number of nitro groups is 1. The van der Waals surface area contributed by atoms with Crippen molar-refractivity contribution in [3.8, 4) is 11.5 Å². The first kappa shape index (κ1) is 23.1. The van der Waals surface area contributed by atoms with E-state index in [2.05, 4.69) is 10.2 Å². The van der Waals surface area contributed by atoms with Gasteiger partial charge in [0.15, 0.2) is 0 Å². The van der Waals surface area contributed by atoms with Crippen molar-refractivity contribution in [3.63, 3.8) is 0 Å². The smallest absolute Gasteiger partial charge is 0.295 e. The number of nitro benzene ring substituents is 1. The van der Waals surface area contributed by atoms with Crippen LogP contribution < -0.4 is 0 Å². The van der Waals surface area contributed by atoms with Crippen molar-refractivity contribution >= 4 is 48.7 Å². The standard InChI is InChI=1S/C20H13N3O7S.Cr/c24-16-8-5-11-3-1-2-4-13(11)19(16)21-22-20-14-7-6-12(23(26)27)9-15(14)18(10-17(20)25)31(28,29)30;/h1-10,24-25H,(H,28,29,30);. The molecule has 0 heterocycles. The van der Waals surface area contributed by atoms with Crippen molar-refractivity contribution in [3.05, 3.63) is 70.8 Å². The molecule has 0 amide bonds. The number of non-ortho nitro benzene ring substituents is 1. The molecule has 4 aromatic carbocycles. The molecule has 0 spiro atoms. The molecule has 0 unspecified atom stereocenters. The minimum Gasteiger partial charge on any atom is -0.506 e. The van der Waals surface area contributed by atoms with E-state index < -0.39 is 31.4 Å². The van der Waals surface area contributed by atoms with Gasteiger partial charge in [0.2, 0.25) is 0 Å². The number of phenols is 2. The van der Waals surface area contributed by atoms with Crippen LogP contribution >= 0.6 is 0 Å². The Hall–Kier alpha value is -3.56. The second kappa shape index (κ2) is 8.52. The van der Waals surface area contributed by atoms with Crippen LogP contribution in [-0.4, -0.2) is 28.1 Å². The molecule has 0 aliphatic carbocycles. The Morgan fingerprint density at radius 2 is 1.47 bits per heavy atom. The fourth-order valence-corrected chi connectivity index (χ4v) is 3.94. The van der Waals surface area contributed by atoms with E-state index in [1.54, 1.807) is 30.3 Å². The normalized spacial score (nSPS) is 11.7. The molecular weight excluding hydrogens is 478 g/mol. The zero-order valence-corrected chi connectivity index (χ0v) is 18.0. The van der Waals surface area contributed by atoms with Crippen molar-refractivity contribution < 1.29 is 45.5 Å². The number of fused-ring (bicyclic) bond motifs is 2. The van der Waals surface area contributed by atoms with Gasteiger partial charge >= 0.3 is 0 Å². The average Bonchev–Trinajstić information content (AvgIpc) is 2.72. The van der Waals surface area contributed by atoms with Crippen LogP contribution in [0, 0.1) is 10.1 Å². The molecule has 3 N–H and O–H groups in total. The predicted octanol–water partition coefficient (Wildman–Crippen LogP) is 4.97. The molecule has 0 atom stereocenters. The average molecular weight is 491 g/mol. The van der Waals surface area contributed by atoms with Crippen LogP contribution in [0.3, 0.4) is 0 Å². The zero-order valence-electron chi connectivity index (χ0n) is 15.9. The van der Waals surface area contributed by atoms with Gasteiger partial charge in [0.1, 0.15) is 27.8 Å². The molecule has 4 aromatic rings. The fourth-order valence-electron chi connectivity index (χ4n) is 3.23. The van der Waals surface area contributed by atoms with Crippen LogP contribution in [0.4, 0.5) is 17.1 Å². The van der Waals surface area contributed by atoms with Crippen molar-refractivity contribution in [1.82, 2.24) is 0 Å². The summed E-state index contributed by atoms with van der Waals surface area (Å²) in [5, 5.41) is 40.8. The second-order valence-electron chi connectivity index (χ2n) is 6.56. The van der Waals surface area contributed by atoms with E-state index in [0.717, 1.165) is 23.6 Å². The molecular formula is C20H13CrN3O7S. The minimum atomic E-state index is -4.81. The van der Waals surface area contributed by atoms with Gasteiger partial charge in [0.05, 0.1) is 4.92 Å². The number of nitrogens with zero attached hydrogens (tertiary/aromatic N) is 3. The van der Waals surface area contributed by atoms with Gasteiger partial charge in [0.25, 0.3) is 15.8 Å². The van der Waals surface area contributed by atoms with Gasteiger partial charge < -0.3 is 10.2 Å². The monoisotopic (exact) mass is 491 g/mol. The van der Waals surface area contributed by atoms with E-state index in [1.807, 2.05) is 0 Å². The fraction of sp³-hybridized carbons (Fsp3) is 0. The number of rotatable bonds is 4. The summed E-state index contributed by atoms with van der Waals surface area (Å²) in [6.45, 7) is 0. The number of benzene rings is 4. The van der Waals surface area contributed by atoms with Crippen LogP contribution in [-0.2, 0) is 27.5 Å². The first-order valence-corrected chi connectivity index (χ1v) is 10.1. The maximum absolute atomic E-state index is 11.7. The van der Waals surface area contributed by atoms with Crippen molar-refractivity contribution in [2.24, 2.45) is 10.2 Å². The molecule has 10 nitrogen and oxygen atoms in total. The Bertz CT molecular complexity index is 1520. The molecule has 12 heteroatoms. The summed E-state index contributed by atoms with van der Waals surface area (Å²) in [5.74, 6) is -0.797. The number of hydrogen-bond donors (Lipinski definition) is 3. The summed E-state index contributed by atoms with van der Waals surface area (Å²) in [6.07, 6.45) is 0. The van der Waals surface area contributed by atoms with Crippen LogP contribution in [0.1, 0.15) is 0 Å². The third-order valence-electron chi connectivity index (χ3n) is 4.65. The Balaban J connectivity index is 0.00000289. The summed E-state index contributed by atoms with van der Waals surface area (Å²) in [4.78, 5) is 9.67. The van der Waals surface area contributed by atoms with Gasteiger partial charge in [-0.2, -0.15) is 8.42 Å². The molecule has 0 aliphatic heterocycles. The molecule has 162 valence electrons. The van der Waals surface area contributed by atoms with E-state index in [9.17, 15) is 33.3 Å². The van der Waals surface area contributed by atoms with Crippen molar-refractivity contribution in [1.29, 1.82) is 0 Å². The van der Waals surface area contributed by atoms with Gasteiger partial charge in [-0.05, 0) is 17.5 Å². The molecule has 0 aliphatic rings. The first-order chi connectivity index (χ1) is 14.7. The van der Waals surface area contributed by atoms with Crippen LogP contribution in [0.15, 0.2) is 75.8 Å². The number of phenolic OH excluding ortho intramolecular Hbond substituents is 2. The Morgan fingerprint density at radius 3 is 2.12 bits per heavy atom. The first-order valence-electron chi connectivity index (χ1n) is 8.71. The molecule has 0 aromatic heterocycles. The molecule has 0 bridgehead atoms. The largest absolute Gasteiger partial charge is 0.506 e. The van der Waals surface area contributed by atoms with Crippen LogP contribution in [0.25, 0.3) is 21.5 Å². The molecule has 4 rings (SSSR count). The maximum Gasteiger partial charge on any atom is 0.295 e. The predicted molar refractivity (Wildman–Crippen MR) is 112 cm³/mol. The molecule has 0 radical (unpaired) electrons. The van der Waals surface area contributed by atoms with Crippen molar-refractivity contribution in [2.45, 2.75) is 4.90 Å².